The Hall–Kier alpha value is -4.84. The standard InChI is InChI=1S/C26H21N7O4S/c1-31-20-13-18(19(33(36)37)14-21(20)32(2)26(31)35)27-22(34)15-38-25-28-23(16-9-5-3-6-10-16)24(29-30-25)17-11-7-4-8-12-17/h3-14H,15H2,1-2H3,(H,27,34). The van der Waals surface area contributed by atoms with Crippen molar-refractivity contribution < 1.29 is 9.72 Å². The molecule has 3 aromatic carbocycles. The average molecular weight is 528 g/mol. The van der Waals surface area contributed by atoms with Gasteiger partial charge in [0.05, 0.1) is 21.7 Å². The molecule has 5 rings (SSSR count). The Morgan fingerprint density at radius 2 is 1.50 bits per heavy atom. The molecule has 0 aliphatic rings. The van der Waals surface area contributed by atoms with Gasteiger partial charge in [0.15, 0.2) is 0 Å². The molecule has 11 nitrogen and oxygen atoms in total. The number of nitrogens with one attached hydrogen (secondary N) is 1. The van der Waals surface area contributed by atoms with Crippen LogP contribution >= 0.6 is 11.8 Å². The lowest BCUT2D eigenvalue weighted by Gasteiger charge is -2.10. The van der Waals surface area contributed by atoms with Crippen molar-refractivity contribution in [2.75, 3.05) is 11.1 Å². The first-order chi connectivity index (χ1) is 18.3. The molecule has 0 unspecified atom stereocenters. The zero-order valence-electron chi connectivity index (χ0n) is 20.4. The molecule has 190 valence electrons. The Kier molecular flexibility index (Phi) is 6.71. The predicted octanol–water partition coefficient (Wildman–Crippen LogP) is 4.04. The fraction of sp³-hybridized carbons (Fsp3) is 0.115. The maximum absolute atomic E-state index is 12.8. The van der Waals surface area contributed by atoms with Crippen molar-refractivity contribution in [2.24, 2.45) is 14.1 Å². The van der Waals surface area contributed by atoms with E-state index in [9.17, 15) is 19.7 Å². The number of amides is 1. The molecule has 2 heterocycles. The van der Waals surface area contributed by atoms with Crippen LogP contribution in [0.15, 0.2) is 82.7 Å². The summed E-state index contributed by atoms with van der Waals surface area (Å²) in [4.78, 5) is 40.8. The van der Waals surface area contributed by atoms with Crippen molar-refractivity contribution in [3.8, 4) is 22.5 Å². The van der Waals surface area contributed by atoms with Gasteiger partial charge in [0.1, 0.15) is 17.1 Å². The molecule has 0 saturated carbocycles. The molecule has 0 bridgehead atoms. The number of thioether (sulfide) groups is 1. The number of carbonyl (C=O) groups is 1. The maximum Gasteiger partial charge on any atom is 0.328 e. The number of anilines is 1. The van der Waals surface area contributed by atoms with Crippen LogP contribution in [0, 0.1) is 10.1 Å². The molecule has 1 N–H and O–H groups in total. The fourth-order valence-electron chi connectivity index (χ4n) is 4.06. The number of rotatable bonds is 7. The van der Waals surface area contributed by atoms with E-state index in [0.717, 1.165) is 22.9 Å². The van der Waals surface area contributed by atoms with E-state index < -0.39 is 10.8 Å². The lowest BCUT2D eigenvalue weighted by atomic mass is 10.0. The molecule has 5 aromatic rings. The summed E-state index contributed by atoms with van der Waals surface area (Å²) >= 11 is 1.06. The Morgan fingerprint density at radius 1 is 0.921 bits per heavy atom. The molecule has 1 amide bonds. The second-order valence-corrected chi connectivity index (χ2v) is 9.32. The molecule has 0 fully saturated rings. The number of aryl methyl sites for hydroxylation is 2. The summed E-state index contributed by atoms with van der Waals surface area (Å²) in [5, 5.41) is 23.1. The number of carbonyl (C=O) groups excluding carboxylic acids is 1. The average Bonchev–Trinajstić information content (AvgIpc) is 3.15. The van der Waals surface area contributed by atoms with Crippen LogP contribution in [0.2, 0.25) is 0 Å². The highest BCUT2D eigenvalue weighted by molar-refractivity contribution is 7.99. The van der Waals surface area contributed by atoms with Crippen molar-refractivity contribution in [1.82, 2.24) is 24.3 Å². The Bertz CT molecular complexity index is 1730. The van der Waals surface area contributed by atoms with E-state index >= 15 is 0 Å². The monoisotopic (exact) mass is 527 g/mol. The maximum atomic E-state index is 12.8. The SMILES string of the molecule is Cn1c(=O)n(C)c2cc([N+](=O)[O-])c(NC(=O)CSc3nnc(-c4ccccc4)c(-c4ccccc4)n3)cc21. The van der Waals surface area contributed by atoms with Gasteiger partial charge >= 0.3 is 5.69 Å². The van der Waals surface area contributed by atoms with E-state index in [2.05, 4.69) is 20.5 Å². The molecule has 0 spiro atoms. The second-order valence-electron chi connectivity index (χ2n) is 8.38. The number of fused-ring (bicyclic) bond motifs is 1. The summed E-state index contributed by atoms with van der Waals surface area (Å²) in [7, 11) is 3.09. The predicted molar refractivity (Wildman–Crippen MR) is 145 cm³/mol. The van der Waals surface area contributed by atoms with Crippen LogP contribution in [-0.4, -0.2) is 40.9 Å². The third kappa shape index (κ3) is 4.76. The van der Waals surface area contributed by atoms with Crippen LogP contribution in [0.25, 0.3) is 33.5 Å². The fourth-order valence-corrected chi connectivity index (χ4v) is 4.65. The van der Waals surface area contributed by atoms with Gasteiger partial charge in [-0.1, -0.05) is 72.4 Å². The van der Waals surface area contributed by atoms with Crippen molar-refractivity contribution in [2.45, 2.75) is 5.16 Å². The number of aromatic nitrogens is 5. The van der Waals surface area contributed by atoms with E-state index in [1.54, 1.807) is 7.05 Å². The molecule has 2 aromatic heterocycles. The zero-order valence-corrected chi connectivity index (χ0v) is 21.2. The van der Waals surface area contributed by atoms with Gasteiger partial charge in [-0.15, -0.1) is 10.2 Å². The van der Waals surface area contributed by atoms with Gasteiger partial charge in [0.25, 0.3) is 5.69 Å². The largest absolute Gasteiger partial charge is 0.328 e. The molecule has 0 radical (unpaired) electrons. The summed E-state index contributed by atoms with van der Waals surface area (Å²) < 4.78 is 2.68. The van der Waals surface area contributed by atoms with Crippen LogP contribution in [0.3, 0.4) is 0 Å². The van der Waals surface area contributed by atoms with Gasteiger partial charge in [-0.25, -0.2) is 9.78 Å². The summed E-state index contributed by atoms with van der Waals surface area (Å²) in [5.74, 6) is -0.598. The first kappa shape index (κ1) is 24.8. The van der Waals surface area contributed by atoms with Crippen molar-refractivity contribution in [3.63, 3.8) is 0 Å². The number of hydrogen-bond acceptors (Lipinski definition) is 8. The van der Waals surface area contributed by atoms with E-state index in [4.69, 9.17) is 0 Å². The molecule has 0 saturated heterocycles. The first-order valence-corrected chi connectivity index (χ1v) is 12.4. The lowest BCUT2D eigenvalue weighted by molar-refractivity contribution is -0.383. The van der Waals surface area contributed by atoms with Gasteiger partial charge < -0.3 is 5.32 Å². The Balaban J connectivity index is 1.40. The quantitative estimate of drug-likeness (QED) is 0.190. The van der Waals surface area contributed by atoms with E-state index in [1.165, 1.54) is 28.3 Å². The van der Waals surface area contributed by atoms with Gasteiger partial charge in [-0.3, -0.25) is 24.0 Å². The lowest BCUT2D eigenvalue weighted by Crippen LogP contribution is -2.19. The third-order valence-electron chi connectivity index (χ3n) is 5.95. The van der Waals surface area contributed by atoms with Crippen LogP contribution in [-0.2, 0) is 18.9 Å². The van der Waals surface area contributed by atoms with Gasteiger partial charge in [-0.05, 0) is 6.07 Å². The summed E-state index contributed by atoms with van der Waals surface area (Å²) in [6.45, 7) is 0. The third-order valence-corrected chi connectivity index (χ3v) is 6.79. The smallest absolute Gasteiger partial charge is 0.320 e. The molecule has 12 heteroatoms. The van der Waals surface area contributed by atoms with Gasteiger partial charge in [0.2, 0.25) is 11.1 Å². The molecular formula is C26H21N7O4S. The highest BCUT2D eigenvalue weighted by atomic mass is 32.2. The molecular weight excluding hydrogens is 506 g/mol. The molecule has 0 aliphatic carbocycles. The Labute approximate surface area is 220 Å². The van der Waals surface area contributed by atoms with E-state index in [1.807, 2.05) is 60.7 Å². The van der Waals surface area contributed by atoms with Gasteiger partial charge in [0, 0.05) is 31.3 Å². The van der Waals surface area contributed by atoms with Gasteiger partial charge in [-0.2, -0.15) is 0 Å². The Morgan fingerprint density at radius 3 is 2.11 bits per heavy atom. The highest BCUT2D eigenvalue weighted by Crippen LogP contribution is 2.31. The minimum Gasteiger partial charge on any atom is -0.320 e. The normalized spacial score (nSPS) is 11.0. The van der Waals surface area contributed by atoms with Crippen LogP contribution in [0.1, 0.15) is 0 Å². The number of imidazole rings is 1. The van der Waals surface area contributed by atoms with Crippen LogP contribution in [0.4, 0.5) is 11.4 Å². The minimum absolute atomic E-state index is 0.00209. The highest BCUT2D eigenvalue weighted by Gasteiger charge is 2.21. The summed E-state index contributed by atoms with van der Waals surface area (Å²) in [5.41, 5.74) is 3.16. The second kappa shape index (κ2) is 10.3. The van der Waals surface area contributed by atoms with E-state index in [-0.39, 0.29) is 28.0 Å². The minimum atomic E-state index is -0.596. The summed E-state index contributed by atoms with van der Waals surface area (Å²) in [6, 6.07) is 21.8. The van der Waals surface area contributed by atoms with Crippen LogP contribution in [0.5, 0.6) is 0 Å². The number of nitro groups is 1. The molecule has 0 atom stereocenters. The number of nitro benzene ring substituents is 1. The zero-order chi connectivity index (χ0) is 26.8. The first-order valence-electron chi connectivity index (χ1n) is 11.5. The summed E-state index contributed by atoms with van der Waals surface area (Å²) in [6.07, 6.45) is 0. The molecule has 38 heavy (non-hydrogen) atoms. The number of hydrogen-bond donors (Lipinski definition) is 1. The topological polar surface area (TPSA) is 138 Å². The van der Waals surface area contributed by atoms with E-state index in [0.29, 0.717) is 22.4 Å². The van der Waals surface area contributed by atoms with Crippen LogP contribution < -0.4 is 11.0 Å². The molecule has 0 aliphatic heterocycles. The van der Waals surface area contributed by atoms with Crippen molar-refractivity contribution >= 4 is 40.1 Å². The number of nitrogens with zero attached hydrogens (tertiary/aromatic N) is 6. The number of benzene rings is 3. The van der Waals surface area contributed by atoms with Crippen molar-refractivity contribution in [1.29, 1.82) is 0 Å². The van der Waals surface area contributed by atoms with Crippen molar-refractivity contribution in [3.05, 3.63) is 93.4 Å².